The number of likely N-dealkylation sites (tertiary alicyclic amines) is 1. The number of nitrogens with zero attached hydrogens (tertiary/aromatic N) is 7. The molecule has 1 aliphatic rings. The van der Waals surface area contributed by atoms with Gasteiger partial charge in [-0.15, -0.1) is 15.3 Å². The van der Waals surface area contributed by atoms with E-state index in [0.717, 1.165) is 25.9 Å². The van der Waals surface area contributed by atoms with Gasteiger partial charge in [-0.1, -0.05) is 17.3 Å². The van der Waals surface area contributed by atoms with Crippen LogP contribution in [0.1, 0.15) is 36.4 Å². The first-order valence-corrected chi connectivity index (χ1v) is 10.5. The normalized spacial score (nSPS) is 14.4. The Morgan fingerprint density at radius 2 is 1.85 bits per heavy atom. The maximum atomic E-state index is 15.1. The van der Waals surface area contributed by atoms with Crippen molar-refractivity contribution in [2.24, 2.45) is 0 Å². The topological polar surface area (TPSA) is 85.8 Å². The summed E-state index contributed by atoms with van der Waals surface area (Å²) in [6.07, 6.45) is 2.59. The fraction of sp³-hybridized carbons (Fsp3) is 0.318. The van der Waals surface area contributed by atoms with Crippen molar-refractivity contribution in [1.29, 1.82) is 0 Å². The summed E-state index contributed by atoms with van der Waals surface area (Å²) < 4.78 is 46.8. The van der Waals surface area contributed by atoms with Gasteiger partial charge in [-0.25, -0.2) is 9.07 Å². The number of hydrogen-bond acceptors (Lipinski definition) is 7. The van der Waals surface area contributed by atoms with Crippen LogP contribution < -0.4 is 0 Å². The van der Waals surface area contributed by atoms with Crippen molar-refractivity contribution in [1.82, 2.24) is 35.1 Å². The quantitative estimate of drug-likeness (QED) is 0.415. The summed E-state index contributed by atoms with van der Waals surface area (Å²) in [6.45, 7) is 2.87. The fourth-order valence-electron chi connectivity index (χ4n) is 3.83. The molecule has 1 saturated heterocycles. The van der Waals surface area contributed by atoms with Gasteiger partial charge in [-0.3, -0.25) is 9.88 Å². The van der Waals surface area contributed by atoms with E-state index in [9.17, 15) is 8.78 Å². The average molecular weight is 455 g/mol. The number of pyridine rings is 1. The predicted molar refractivity (Wildman–Crippen MR) is 112 cm³/mol. The number of halogens is 3. The third-order valence-corrected chi connectivity index (χ3v) is 5.51. The lowest BCUT2D eigenvalue weighted by molar-refractivity contribution is 0.116. The predicted octanol–water partition coefficient (Wildman–Crippen LogP) is 4.11. The van der Waals surface area contributed by atoms with Crippen molar-refractivity contribution in [2.75, 3.05) is 13.1 Å². The summed E-state index contributed by atoms with van der Waals surface area (Å²) in [5, 5.41) is 15.1. The van der Waals surface area contributed by atoms with Crippen molar-refractivity contribution in [3.8, 4) is 22.7 Å². The Balaban J connectivity index is 1.29. The second kappa shape index (κ2) is 9.10. The van der Waals surface area contributed by atoms with Gasteiger partial charge < -0.3 is 4.42 Å². The first-order chi connectivity index (χ1) is 16.1. The first kappa shape index (κ1) is 21.3. The minimum Gasteiger partial charge on any atom is -0.415 e. The largest absolute Gasteiger partial charge is 0.415 e. The minimum absolute atomic E-state index is 0.0309. The smallest absolute Gasteiger partial charge is 0.314 e. The molecule has 1 aliphatic heterocycles. The Morgan fingerprint density at radius 1 is 1.00 bits per heavy atom. The molecule has 0 spiro atoms. The van der Waals surface area contributed by atoms with Crippen molar-refractivity contribution in [2.45, 2.75) is 32.4 Å². The maximum Gasteiger partial charge on any atom is 0.314 e. The Morgan fingerprint density at radius 3 is 2.58 bits per heavy atom. The van der Waals surface area contributed by atoms with Crippen LogP contribution >= 0.6 is 0 Å². The molecule has 0 atom stereocenters. The van der Waals surface area contributed by atoms with E-state index in [1.807, 2.05) is 6.07 Å². The Bertz CT molecular complexity index is 1230. The highest BCUT2D eigenvalue weighted by Crippen LogP contribution is 2.26. The zero-order valence-corrected chi connectivity index (χ0v) is 17.5. The van der Waals surface area contributed by atoms with Crippen LogP contribution in [0, 0.1) is 5.82 Å². The lowest BCUT2D eigenvalue weighted by Gasteiger charge is -2.15. The van der Waals surface area contributed by atoms with Gasteiger partial charge in [0.15, 0.2) is 0 Å². The molecule has 0 N–H and O–H groups in total. The molecule has 0 saturated carbocycles. The second-order valence-electron chi connectivity index (χ2n) is 7.85. The van der Waals surface area contributed by atoms with E-state index < -0.39 is 12.3 Å². The molecule has 5 rings (SSSR count). The molecule has 1 fully saturated rings. The van der Waals surface area contributed by atoms with Crippen molar-refractivity contribution >= 4 is 0 Å². The molecule has 0 unspecified atom stereocenters. The van der Waals surface area contributed by atoms with Crippen LogP contribution in [0.15, 0.2) is 47.1 Å². The van der Waals surface area contributed by atoms with Crippen LogP contribution in [-0.2, 0) is 13.1 Å². The summed E-state index contributed by atoms with van der Waals surface area (Å²) in [7, 11) is 0. The van der Waals surface area contributed by atoms with E-state index in [2.05, 4.69) is 30.4 Å². The van der Waals surface area contributed by atoms with Crippen LogP contribution in [0.5, 0.6) is 0 Å². The zero-order valence-electron chi connectivity index (χ0n) is 17.5. The molecule has 3 aromatic heterocycles. The average Bonchev–Trinajstić information content (AvgIpc) is 3.58. The highest BCUT2D eigenvalue weighted by Gasteiger charge is 2.19. The van der Waals surface area contributed by atoms with E-state index >= 15 is 4.39 Å². The molecule has 0 amide bonds. The van der Waals surface area contributed by atoms with E-state index in [1.54, 1.807) is 35.1 Å². The molecular formula is C22H20F3N7O. The number of benzene rings is 1. The summed E-state index contributed by atoms with van der Waals surface area (Å²) in [6, 6.07) is 8.67. The van der Waals surface area contributed by atoms with Crippen molar-refractivity contribution < 1.29 is 17.6 Å². The van der Waals surface area contributed by atoms with E-state index in [0.29, 0.717) is 41.2 Å². The van der Waals surface area contributed by atoms with E-state index in [1.165, 1.54) is 6.20 Å². The molecule has 1 aromatic carbocycles. The van der Waals surface area contributed by atoms with Gasteiger partial charge >= 0.3 is 6.43 Å². The van der Waals surface area contributed by atoms with Gasteiger partial charge in [0.1, 0.15) is 11.5 Å². The van der Waals surface area contributed by atoms with Gasteiger partial charge in [0.25, 0.3) is 5.89 Å². The standard InChI is InChI=1S/C22H20F3N7O/c23-19-15(11-31-8-1-2-9-31)4-3-5-17(19)18-13-32(30-27-18)12-16-7-6-14(10-26-16)21-28-29-22(33-21)20(24)25/h3-7,10,13,20H,1-2,8-9,11-12H2. The Labute approximate surface area is 187 Å². The van der Waals surface area contributed by atoms with Gasteiger partial charge in [0, 0.05) is 23.9 Å². The summed E-state index contributed by atoms with van der Waals surface area (Å²) in [4.78, 5) is 6.54. The van der Waals surface area contributed by atoms with Gasteiger partial charge in [-0.05, 0) is 44.1 Å². The van der Waals surface area contributed by atoms with E-state index in [-0.39, 0.29) is 11.7 Å². The fourth-order valence-corrected chi connectivity index (χ4v) is 3.83. The summed E-state index contributed by atoms with van der Waals surface area (Å²) in [5.41, 5.74) is 2.57. The molecule has 0 bridgehead atoms. The van der Waals surface area contributed by atoms with Crippen LogP contribution in [0.4, 0.5) is 13.2 Å². The molecule has 0 aliphatic carbocycles. The van der Waals surface area contributed by atoms with Crippen molar-refractivity contribution in [3.05, 3.63) is 65.7 Å². The molecule has 11 heteroatoms. The molecule has 170 valence electrons. The number of alkyl halides is 2. The first-order valence-electron chi connectivity index (χ1n) is 10.5. The highest BCUT2D eigenvalue weighted by molar-refractivity contribution is 5.60. The number of aromatic nitrogens is 6. The molecule has 4 heterocycles. The lowest BCUT2D eigenvalue weighted by Crippen LogP contribution is -2.19. The molecule has 8 nitrogen and oxygen atoms in total. The Hall–Kier alpha value is -3.60. The SMILES string of the molecule is Fc1c(CN2CCCC2)cccc1-c1cn(Cc2ccc(-c3nnc(C(F)F)o3)cn2)nn1. The summed E-state index contributed by atoms with van der Waals surface area (Å²) in [5.74, 6) is -1.04. The third-order valence-electron chi connectivity index (χ3n) is 5.51. The summed E-state index contributed by atoms with van der Waals surface area (Å²) >= 11 is 0. The van der Waals surface area contributed by atoms with Crippen LogP contribution in [0.3, 0.4) is 0 Å². The molecule has 33 heavy (non-hydrogen) atoms. The zero-order chi connectivity index (χ0) is 22.8. The van der Waals surface area contributed by atoms with Crippen LogP contribution in [0.2, 0.25) is 0 Å². The lowest BCUT2D eigenvalue weighted by atomic mass is 10.1. The second-order valence-corrected chi connectivity index (χ2v) is 7.85. The minimum atomic E-state index is -2.83. The van der Waals surface area contributed by atoms with Crippen LogP contribution in [0.25, 0.3) is 22.7 Å². The highest BCUT2D eigenvalue weighted by atomic mass is 19.3. The van der Waals surface area contributed by atoms with E-state index in [4.69, 9.17) is 4.42 Å². The Kier molecular flexibility index (Phi) is 5.86. The maximum absolute atomic E-state index is 15.1. The molecule has 0 radical (unpaired) electrons. The van der Waals surface area contributed by atoms with Crippen molar-refractivity contribution in [3.63, 3.8) is 0 Å². The third kappa shape index (κ3) is 4.63. The van der Waals surface area contributed by atoms with Crippen LogP contribution in [-0.4, -0.2) is 48.2 Å². The number of rotatable bonds is 7. The molecular weight excluding hydrogens is 435 g/mol. The van der Waals surface area contributed by atoms with Gasteiger partial charge in [0.05, 0.1) is 24.0 Å². The molecule has 4 aromatic rings. The monoisotopic (exact) mass is 455 g/mol. The van der Waals surface area contributed by atoms with Gasteiger partial charge in [0.2, 0.25) is 5.89 Å². The van der Waals surface area contributed by atoms with Gasteiger partial charge in [-0.2, -0.15) is 8.78 Å². The number of hydrogen-bond donors (Lipinski definition) is 0.